The van der Waals surface area contributed by atoms with Gasteiger partial charge >= 0.3 is 0 Å². The second-order valence-electron chi connectivity index (χ2n) is 24.0. The highest BCUT2D eigenvalue weighted by atomic mass is 15.2. The van der Waals surface area contributed by atoms with Crippen LogP contribution in [0.1, 0.15) is 0 Å². The van der Waals surface area contributed by atoms with E-state index in [0.29, 0.717) is 0 Å². The Morgan fingerprint density at radius 1 is 0.128 bits per heavy atom. The second kappa shape index (κ2) is 24.0. The SMILES string of the molecule is c1ccc(N(c2ccc(N(c3ccc(-c4c5ccccc5c(-c5ccc(N(c6ccc(N(c7ccccc7)c7cccc8ccccc78)cc6)c6cccc7ccccc67)cc5)c5ccccc45)cc3)c3cccc4ccccc34)cc2)c2cccc3ccccc23)cc1. The van der Waals surface area contributed by atoms with Crippen LogP contribution < -0.4 is 19.6 Å². The lowest BCUT2D eigenvalue weighted by Crippen LogP contribution is -2.12. The molecule has 4 heteroatoms. The van der Waals surface area contributed by atoms with Crippen molar-refractivity contribution in [2.24, 2.45) is 0 Å². The maximum Gasteiger partial charge on any atom is 0.0540 e. The number of fused-ring (bicyclic) bond motifs is 6. The Kier molecular flexibility index (Phi) is 14.2. The van der Waals surface area contributed by atoms with Gasteiger partial charge in [0.1, 0.15) is 0 Å². The molecule has 0 saturated heterocycles. The van der Waals surface area contributed by atoms with Crippen LogP contribution >= 0.6 is 0 Å². The summed E-state index contributed by atoms with van der Waals surface area (Å²) in [5.74, 6) is 0. The third-order valence-electron chi connectivity index (χ3n) is 18.6. The summed E-state index contributed by atoms with van der Waals surface area (Å²) < 4.78 is 0. The molecule has 0 spiro atoms. The summed E-state index contributed by atoms with van der Waals surface area (Å²) in [7, 11) is 0. The number of anilines is 12. The molecule has 0 aliphatic carbocycles. The molecule has 0 aliphatic rings. The van der Waals surface area contributed by atoms with Crippen LogP contribution in [0, 0.1) is 0 Å². The van der Waals surface area contributed by atoms with Gasteiger partial charge in [0.2, 0.25) is 0 Å². The summed E-state index contributed by atoms with van der Waals surface area (Å²) in [6.45, 7) is 0. The van der Waals surface area contributed by atoms with E-state index in [2.05, 4.69) is 396 Å². The average molecular weight is 1200 g/mol. The van der Waals surface area contributed by atoms with E-state index in [1.54, 1.807) is 0 Å². The minimum atomic E-state index is 1.06. The zero-order chi connectivity index (χ0) is 62.3. The van der Waals surface area contributed by atoms with Gasteiger partial charge in [0.25, 0.3) is 0 Å². The molecule has 0 N–H and O–H groups in total. The standard InChI is InChI=1S/C90H62N4/c1-3-31-69(32-4-1)91(85-43-19-27-63-23-7-11-35-77(63)85)73-55-59-75(60-56-73)93(87-45-21-29-65-25-9-13-37-79(65)87)71-51-47-67(48-52-71)89-81-39-15-17-41-83(81)90(84-42-18-16-40-82(84)89)68-49-53-72(54-50-68)94(88-46-22-30-66-26-10-14-38-80(66)88)76-61-57-74(58-62-76)92(70-33-5-2-6-34-70)86-44-20-28-64-24-8-12-36-78(64)86/h1-62H. The van der Waals surface area contributed by atoms with Crippen molar-refractivity contribution in [1.82, 2.24) is 0 Å². The highest BCUT2D eigenvalue weighted by molar-refractivity contribution is 6.21. The third-order valence-corrected chi connectivity index (χ3v) is 18.6. The van der Waals surface area contributed by atoms with Crippen LogP contribution in [0.2, 0.25) is 0 Å². The van der Waals surface area contributed by atoms with E-state index in [1.165, 1.54) is 75.8 Å². The van der Waals surface area contributed by atoms with E-state index in [1.807, 2.05) is 0 Å². The number of nitrogens with zero attached hydrogens (tertiary/aromatic N) is 4. The Bertz CT molecular complexity index is 5190. The molecule has 442 valence electrons. The fraction of sp³-hybridized carbons (Fsp3) is 0. The van der Waals surface area contributed by atoms with Gasteiger partial charge in [-0.3, -0.25) is 0 Å². The molecule has 17 aromatic carbocycles. The molecule has 17 aromatic rings. The van der Waals surface area contributed by atoms with Crippen molar-refractivity contribution in [2.45, 2.75) is 0 Å². The van der Waals surface area contributed by atoms with E-state index in [-0.39, 0.29) is 0 Å². The Morgan fingerprint density at radius 2 is 0.309 bits per heavy atom. The van der Waals surface area contributed by atoms with E-state index < -0.39 is 0 Å². The zero-order valence-corrected chi connectivity index (χ0v) is 51.6. The minimum absolute atomic E-state index is 1.06. The molecular formula is C90H62N4. The smallest absolute Gasteiger partial charge is 0.0540 e. The number of benzene rings is 17. The lowest BCUT2D eigenvalue weighted by molar-refractivity contribution is 1.27. The van der Waals surface area contributed by atoms with Crippen LogP contribution in [0.25, 0.3) is 86.9 Å². The van der Waals surface area contributed by atoms with Gasteiger partial charge in [-0.2, -0.15) is 0 Å². The van der Waals surface area contributed by atoms with Gasteiger partial charge in [0.15, 0.2) is 0 Å². The van der Waals surface area contributed by atoms with Gasteiger partial charge in [-0.1, -0.05) is 255 Å². The Morgan fingerprint density at radius 3 is 0.553 bits per heavy atom. The van der Waals surface area contributed by atoms with Crippen LogP contribution in [0.3, 0.4) is 0 Å². The predicted molar refractivity (Wildman–Crippen MR) is 401 cm³/mol. The summed E-state index contributed by atoms with van der Waals surface area (Å²) in [4.78, 5) is 9.56. The lowest BCUT2D eigenvalue weighted by Gasteiger charge is -2.30. The van der Waals surface area contributed by atoms with Gasteiger partial charge in [-0.25, -0.2) is 0 Å². The number of rotatable bonds is 14. The summed E-state index contributed by atoms with van der Waals surface area (Å²) >= 11 is 0. The normalized spacial score (nSPS) is 11.4. The van der Waals surface area contributed by atoms with E-state index in [0.717, 1.165) is 79.4 Å². The molecule has 0 bridgehead atoms. The molecule has 4 nitrogen and oxygen atoms in total. The summed E-state index contributed by atoms with van der Waals surface area (Å²) in [6.07, 6.45) is 0. The Labute approximate surface area is 547 Å². The summed E-state index contributed by atoms with van der Waals surface area (Å²) in [5, 5.41) is 14.4. The first-order chi connectivity index (χ1) is 46.7. The van der Waals surface area contributed by atoms with Crippen LogP contribution in [0.4, 0.5) is 68.2 Å². The van der Waals surface area contributed by atoms with Crippen LogP contribution in [0.5, 0.6) is 0 Å². The number of hydrogen-bond acceptors (Lipinski definition) is 4. The van der Waals surface area contributed by atoms with Gasteiger partial charge in [-0.05, 0) is 187 Å². The summed E-state index contributed by atoms with van der Waals surface area (Å²) in [6, 6.07) is 137. The van der Waals surface area contributed by atoms with Gasteiger partial charge in [0, 0.05) is 67.0 Å². The average Bonchev–Trinajstić information content (AvgIpc) is 0.779. The van der Waals surface area contributed by atoms with Crippen LogP contribution in [-0.4, -0.2) is 0 Å². The molecule has 0 saturated carbocycles. The molecule has 0 aliphatic heterocycles. The first kappa shape index (κ1) is 55.6. The maximum atomic E-state index is 2.41. The van der Waals surface area contributed by atoms with Crippen molar-refractivity contribution in [3.05, 3.63) is 376 Å². The molecule has 0 heterocycles. The van der Waals surface area contributed by atoms with Crippen molar-refractivity contribution in [1.29, 1.82) is 0 Å². The summed E-state index contributed by atoms with van der Waals surface area (Å²) in [5.41, 5.74) is 17.8. The van der Waals surface area contributed by atoms with E-state index in [9.17, 15) is 0 Å². The lowest BCUT2D eigenvalue weighted by atomic mass is 9.86. The monoisotopic (exact) mass is 1200 g/mol. The highest BCUT2D eigenvalue weighted by Crippen LogP contribution is 2.49. The van der Waals surface area contributed by atoms with Crippen molar-refractivity contribution in [3.63, 3.8) is 0 Å². The van der Waals surface area contributed by atoms with Crippen molar-refractivity contribution in [3.8, 4) is 22.3 Å². The van der Waals surface area contributed by atoms with Crippen LogP contribution in [0.15, 0.2) is 376 Å². The molecule has 0 radical (unpaired) electrons. The first-order valence-corrected chi connectivity index (χ1v) is 32.2. The highest BCUT2D eigenvalue weighted by Gasteiger charge is 2.24. The molecule has 94 heavy (non-hydrogen) atoms. The van der Waals surface area contributed by atoms with E-state index >= 15 is 0 Å². The van der Waals surface area contributed by atoms with Crippen molar-refractivity contribution < 1.29 is 0 Å². The molecule has 0 unspecified atom stereocenters. The first-order valence-electron chi connectivity index (χ1n) is 32.2. The zero-order valence-electron chi connectivity index (χ0n) is 51.6. The van der Waals surface area contributed by atoms with Crippen molar-refractivity contribution >= 4 is 133 Å². The van der Waals surface area contributed by atoms with Gasteiger partial charge < -0.3 is 19.6 Å². The fourth-order valence-corrected chi connectivity index (χ4v) is 14.3. The second-order valence-corrected chi connectivity index (χ2v) is 24.0. The van der Waals surface area contributed by atoms with Crippen molar-refractivity contribution in [2.75, 3.05) is 19.6 Å². The molecular weight excluding hydrogens is 1140 g/mol. The van der Waals surface area contributed by atoms with Gasteiger partial charge in [0.05, 0.1) is 22.7 Å². The number of para-hydroxylation sites is 2. The minimum Gasteiger partial charge on any atom is -0.310 e. The fourth-order valence-electron chi connectivity index (χ4n) is 14.3. The van der Waals surface area contributed by atoms with E-state index in [4.69, 9.17) is 0 Å². The Balaban J connectivity index is 0.750. The largest absolute Gasteiger partial charge is 0.310 e. The molecule has 0 aromatic heterocycles. The molecule has 0 amide bonds. The number of hydrogen-bond donors (Lipinski definition) is 0. The third kappa shape index (κ3) is 9.99. The topological polar surface area (TPSA) is 13.0 Å². The van der Waals surface area contributed by atoms with Crippen LogP contribution in [-0.2, 0) is 0 Å². The quantitative estimate of drug-likeness (QED) is 0.101. The molecule has 0 fully saturated rings. The maximum absolute atomic E-state index is 2.41. The molecule has 17 rings (SSSR count). The predicted octanol–water partition coefficient (Wildman–Crippen LogP) is 25.8. The van der Waals surface area contributed by atoms with Gasteiger partial charge in [-0.15, -0.1) is 0 Å². The Hall–Kier alpha value is -12.5. The molecule has 0 atom stereocenters.